The number of nitrogens with one attached hydrogen (secondary N) is 1. The maximum atomic E-state index is 13.2. The topological polar surface area (TPSA) is 119 Å². The Morgan fingerprint density at radius 1 is 1.12 bits per heavy atom. The zero-order chi connectivity index (χ0) is 24.6. The maximum absolute atomic E-state index is 13.2. The number of nitro groups is 1. The van der Waals surface area contributed by atoms with Gasteiger partial charge in [-0.1, -0.05) is 18.2 Å². The van der Waals surface area contributed by atoms with Crippen LogP contribution in [0.15, 0.2) is 58.2 Å². The first-order valence-corrected chi connectivity index (χ1v) is 12.5. The largest absolute Gasteiger partial charge is 0.363 e. The van der Waals surface area contributed by atoms with Crippen LogP contribution in [0.2, 0.25) is 0 Å². The summed E-state index contributed by atoms with van der Waals surface area (Å²) in [6, 6.07) is 12.9. The van der Waals surface area contributed by atoms with Crippen molar-refractivity contribution < 1.29 is 13.3 Å². The number of rotatable bonds is 6. The number of sulfonamides is 1. The van der Waals surface area contributed by atoms with Crippen molar-refractivity contribution in [3.63, 3.8) is 0 Å². The van der Waals surface area contributed by atoms with Crippen LogP contribution >= 0.6 is 0 Å². The van der Waals surface area contributed by atoms with Gasteiger partial charge in [0.25, 0.3) is 21.3 Å². The Kier molecular flexibility index (Phi) is 6.22. The molecule has 0 aliphatic carbocycles. The Balaban J connectivity index is 1.73. The molecule has 1 aromatic heterocycles. The van der Waals surface area contributed by atoms with E-state index in [1.807, 2.05) is 17.9 Å². The Hall–Kier alpha value is -3.60. The molecule has 34 heavy (non-hydrogen) atoms. The second kappa shape index (κ2) is 8.98. The van der Waals surface area contributed by atoms with Gasteiger partial charge in [0.2, 0.25) is 0 Å². The minimum atomic E-state index is -4.26. The van der Waals surface area contributed by atoms with Crippen LogP contribution in [0, 0.1) is 17.0 Å². The van der Waals surface area contributed by atoms with Gasteiger partial charge in [0.15, 0.2) is 0 Å². The van der Waals surface area contributed by atoms with Crippen molar-refractivity contribution >= 4 is 27.1 Å². The summed E-state index contributed by atoms with van der Waals surface area (Å²) in [4.78, 5) is 26.0. The summed E-state index contributed by atoms with van der Waals surface area (Å²) in [7, 11) is -2.61. The SMILES string of the molecule is Cc1c(NS(=O)(=O)c2ccc(N3CCCC[C@@H]3C)c([N+](=O)[O-])c2)c(=O)n(-c2ccccc2)n1C. The lowest BCUT2D eigenvalue weighted by Gasteiger charge is -2.35. The molecule has 0 saturated carbocycles. The molecule has 0 radical (unpaired) electrons. The molecule has 10 nitrogen and oxygen atoms in total. The molecule has 11 heteroatoms. The Bertz CT molecular complexity index is 1400. The number of nitrogens with zero attached hydrogens (tertiary/aromatic N) is 4. The molecule has 3 aromatic rings. The molecule has 1 N–H and O–H groups in total. The van der Waals surface area contributed by atoms with Crippen molar-refractivity contribution in [3.8, 4) is 5.69 Å². The lowest BCUT2D eigenvalue weighted by atomic mass is 10.0. The van der Waals surface area contributed by atoms with Crippen molar-refractivity contribution in [2.45, 2.75) is 44.0 Å². The second-order valence-electron chi connectivity index (χ2n) is 8.49. The van der Waals surface area contributed by atoms with Gasteiger partial charge in [-0.3, -0.25) is 24.3 Å². The van der Waals surface area contributed by atoms with E-state index in [0.717, 1.165) is 25.3 Å². The van der Waals surface area contributed by atoms with Gasteiger partial charge < -0.3 is 4.90 Å². The lowest BCUT2D eigenvalue weighted by molar-refractivity contribution is -0.384. The van der Waals surface area contributed by atoms with Crippen molar-refractivity contribution in [2.24, 2.45) is 7.05 Å². The van der Waals surface area contributed by atoms with E-state index in [-0.39, 0.29) is 22.3 Å². The summed E-state index contributed by atoms with van der Waals surface area (Å²) in [5.41, 5.74) is 0.470. The van der Waals surface area contributed by atoms with E-state index in [1.165, 1.54) is 16.8 Å². The van der Waals surface area contributed by atoms with Crippen LogP contribution < -0.4 is 15.2 Å². The van der Waals surface area contributed by atoms with Gasteiger partial charge in [-0.2, -0.15) is 0 Å². The molecule has 2 heterocycles. The first-order valence-electron chi connectivity index (χ1n) is 11.0. The van der Waals surface area contributed by atoms with Crippen LogP contribution in [0.4, 0.5) is 17.1 Å². The van der Waals surface area contributed by atoms with E-state index in [9.17, 15) is 23.3 Å². The summed E-state index contributed by atoms with van der Waals surface area (Å²) in [6.07, 6.45) is 2.89. The third-order valence-corrected chi connectivity index (χ3v) is 7.70. The number of aromatic nitrogens is 2. The predicted molar refractivity (Wildman–Crippen MR) is 130 cm³/mol. The zero-order valence-electron chi connectivity index (χ0n) is 19.3. The van der Waals surface area contributed by atoms with Gasteiger partial charge in [-0.25, -0.2) is 13.1 Å². The van der Waals surface area contributed by atoms with Crippen LogP contribution in [-0.2, 0) is 17.1 Å². The molecule has 180 valence electrons. The molecule has 0 unspecified atom stereocenters. The molecule has 0 bridgehead atoms. The van der Waals surface area contributed by atoms with Gasteiger partial charge in [0.1, 0.15) is 11.4 Å². The Labute approximate surface area is 197 Å². The van der Waals surface area contributed by atoms with E-state index in [1.54, 1.807) is 42.9 Å². The second-order valence-corrected chi connectivity index (χ2v) is 10.2. The molecule has 1 atom stereocenters. The fourth-order valence-electron chi connectivity index (χ4n) is 4.39. The quantitative estimate of drug-likeness (QED) is 0.421. The number of hydrogen-bond donors (Lipinski definition) is 1. The number of para-hydroxylation sites is 1. The summed E-state index contributed by atoms with van der Waals surface area (Å²) in [5, 5.41) is 11.8. The number of nitro benzene ring substituents is 1. The average Bonchev–Trinajstić information content (AvgIpc) is 3.02. The van der Waals surface area contributed by atoms with Crippen LogP contribution in [0.3, 0.4) is 0 Å². The molecule has 4 rings (SSSR count). The minimum absolute atomic E-state index is 0.109. The van der Waals surface area contributed by atoms with Crippen LogP contribution in [-0.4, -0.2) is 35.3 Å². The third kappa shape index (κ3) is 4.18. The summed E-state index contributed by atoms with van der Waals surface area (Å²) < 4.78 is 31.6. The van der Waals surface area contributed by atoms with Gasteiger partial charge in [0, 0.05) is 25.7 Å². The van der Waals surface area contributed by atoms with Gasteiger partial charge in [-0.05, 0) is 57.4 Å². The fraction of sp³-hybridized carbons (Fsp3) is 0.348. The molecular weight excluding hydrogens is 458 g/mol. The van der Waals surface area contributed by atoms with Gasteiger partial charge in [0.05, 0.1) is 21.2 Å². The highest BCUT2D eigenvalue weighted by Gasteiger charge is 2.29. The van der Waals surface area contributed by atoms with E-state index in [4.69, 9.17) is 0 Å². The van der Waals surface area contributed by atoms with E-state index >= 15 is 0 Å². The summed E-state index contributed by atoms with van der Waals surface area (Å²) >= 11 is 0. The normalized spacial score (nSPS) is 16.4. The maximum Gasteiger partial charge on any atom is 0.296 e. The average molecular weight is 486 g/mol. The highest BCUT2D eigenvalue weighted by molar-refractivity contribution is 7.92. The zero-order valence-corrected chi connectivity index (χ0v) is 20.1. The minimum Gasteiger partial charge on any atom is -0.363 e. The monoisotopic (exact) mass is 485 g/mol. The first-order chi connectivity index (χ1) is 16.1. The van der Waals surface area contributed by atoms with Crippen LogP contribution in [0.25, 0.3) is 5.69 Å². The molecular formula is C23H27N5O5S. The van der Waals surface area contributed by atoms with E-state index in [2.05, 4.69) is 4.72 Å². The first kappa shape index (κ1) is 23.6. The molecule has 2 aromatic carbocycles. The van der Waals surface area contributed by atoms with E-state index < -0.39 is 20.5 Å². The highest BCUT2D eigenvalue weighted by Crippen LogP contribution is 2.35. The molecule has 0 amide bonds. The Morgan fingerprint density at radius 2 is 1.82 bits per heavy atom. The Morgan fingerprint density at radius 3 is 2.47 bits per heavy atom. The molecule has 1 aliphatic heterocycles. The fourth-order valence-corrected chi connectivity index (χ4v) is 5.53. The number of benzene rings is 2. The van der Waals surface area contributed by atoms with Crippen molar-refractivity contribution in [2.75, 3.05) is 16.2 Å². The van der Waals surface area contributed by atoms with Crippen molar-refractivity contribution in [1.29, 1.82) is 0 Å². The number of anilines is 2. The summed E-state index contributed by atoms with van der Waals surface area (Å²) in [6.45, 7) is 4.31. The number of hydrogen-bond acceptors (Lipinski definition) is 6. The van der Waals surface area contributed by atoms with Gasteiger partial charge in [-0.15, -0.1) is 0 Å². The third-order valence-electron chi connectivity index (χ3n) is 6.36. The summed E-state index contributed by atoms with van der Waals surface area (Å²) in [5.74, 6) is 0. The van der Waals surface area contributed by atoms with Crippen molar-refractivity contribution in [1.82, 2.24) is 9.36 Å². The van der Waals surface area contributed by atoms with Crippen LogP contribution in [0.5, 0.6) is 0 Å². The number of piperidine rings is 1. The molecule has 0 spiro atoms. The lowest BCUT2D eigenvalue weighted by Crippen LogP contribution is -2.37. The standard InChI is InChI=1S/C23H27N5O5S/c1-16-9-7-8-14-26(16)20-13-12-19(15-21(20)28(30)31)34(32,33)24-22-17(2)25(3)27(23(22)29)18-10-5-4-6-11-18/h4-6,10-13,15-16,24H,7-9,14H2,1-3H3/t16-/m0/s1. The molecule has 1 fully saturated rings. The predicted octanol–water partition coefficient (Wildman–Crippen LogP) is 3.57. The highest BCUT2D eigenvalue weighted by atomic mass is 32.2. The van der Waals surface area contributed by atoms with Crippen LogP contribution in [0.1, 0.15) is 31.9 Å². The van der Waals surface area contributed by atoms with E-state index in [0.29, 0.717) is 23.6 Å². The van der Waals surface area contributed by atoms with Crippen molar-refractivity contribution in [3.05, 3.63) is 74.7 Å². The smallest absolute Gasteiger partial charge is 0.296 e. The molecule has 1 saturated heterocycles. The van der Waals surface area contributed by atoms with Gasteiger partial charge >= 0.3 is 0 Å². The molecule has 1 aliphatic rings.